The van der Waals surface area contributed by atoms with Crippen molar-refractivity contribution in [3.8, 4) is 16.9 Å². The topological polar surface area (TPSA) is 108 Å². The average Bonchev–Trinajstić information content (AvgIpc) is 2.77. The van der Waals surface area contributed by atoms with Crippen molar-refractivity contribution in [1.82, 2.24) is 0 Å². The molecule has 3 N–H and O–H groups in total. The molecule has 0 aliphatic rings. The smallest absolute Gasteiger partial charge is 0.344 e. The highest BCUT2D eigenvalue weighted by Gasteiger charge is 2.11. The van der Waals surface area contributed by atoms with E-state index in [4.69, 9.17) is 15.2 Å². The molecule has 0 radical (unpaired) electrons. The van der Waals surface area contributed by atoms with Crippen molar-refractivity contribution in [1.29, 1.82) is 0 Å². The Bertz CT molecular complexity index is 1030. The lowest BCUT2D eigenvalue weighted by Gasteiger charge is -2.11. The largest absolute Gasteiger partial charge is 0.481 e. The highest BCUT2D eigenvalue weighted by molar-refractivity contribution is 5.95. The third-order valence-corrected chi connectivity index (χ3v) is 4.13. The average molecular weight is 404 g/mol. The quantitative estimate of drug-likeness (QED) is 0.561. The van der Waals surface area contributed by atoms with Crippen molar-refractivity contribution in [3.05, 3.63) is 84.4 Å². The van der Waals surface area contributed by atoms with Crippen LogP contribution in [-0.4, -0.2) is 31.0 Å². The zero-order valence-corrected chi connectivity index (χ0v) is 16.0. The van der Waals surface area contributed by atoms with E-state index in [1.807, 2.05) is 48.5 Å². The summed E-state index contributed by atoms with van der Waals surface area (Å²) < 4.78 is 10.5. The summed E-state index contributed by atoms with van der Waals surface area (Å²) >= 11 is 0. The number of amides is 2. The summed E-state index contributed by atoms with van der Waals surface area (Å²) in [4.78, 5) is 34.9. The number of hydrogen-bond acceptors (Lipinski definition) is 5. The fourth-order valence-electron chi connectivity index (χ4n) is 2.69. The lowest BCUT2D eigenvalue weighted by Crippen LogP contribution is -2.23. The van der Waals surface area contributed by atoms with Crippen molar-refractivity contribution in [3.63, 3.8) is 0 Å². The van der Waals surface area contributed by atoms with Crippen LogP contribution in [0.3, 0.4) is 0 Å². The van der Waals surface area contributed by atoms with Gasteiger partial charge in [-0.15, -0.1) is 0 Å². The summed E-state index contributed by atoms with van der Waals surface area (Å²) in [6.45, 7) is -0.787. The standard InChI is InChI=1S/C23H20N2O5/c24-23(28)17-10-12-18(13-11-17)25-21(26)14-30-22(27)15-29-20-9-5-4-8-19(20)16-6-2-1-3-7-16/h1-13H,14-15H2,(H2,24,28)(H,25,26). The summed E-state index contributed by atoms with van der Waals surface area (Å²) in [6, 6.07) is 23.0. The molecule has 152 valence electrons. The van der Waals surface area contributed by atoms with Crippen LogP contribution in [0.4, 0.5) is 5.69 Å². The van der Waals surface area contributed by atoms with Crippen molar-refractivity contribution in [2.75, 3.05) is 18.5 Å². The van der Waals surface area contributed by atoms with Gasteiger partial charge in [-0.3, -0.25) is 9.59 Å². The molecule has 0 saturated heterocycles. The van der Waals surface area contributed by atoms with Crippen molar-refractivity contribution in [2.45, 2.75) is 0 Å². The van der Waals surface area contributed by atoms with E-state index in [0.29, 0.717) is 17.0 Å². The fraction of sp³-hybridized carbons (Fsp3) is 0.0870. The van der Waals surface area contributed by atoms with Gasteiger partial charge in [0.1, 0.15) is 5.75 Å². The third-order valence-electron chi connectivity index (χ3n) is 4.13. The van der Waals surface area contributed by atoms with Crippen molar-refractivity contribution < 1.29 is 23.9 Å². The molecule has 0 heterocycles. The van der Waals surface area contributed by atoms with E-state index in [9.17, 15) is 14.4 Å². The van der Waals surface area contributed by atoms with Gasteiger partial charge in [-0.25, -0.2) is 4.79 Å². The zero-order chi connectivity index (χ0) is 21.3. The van der Waals surface area contributed by atoms with Gasteiger partial charge in [-0.1, -0.05) is 48.5 Å². The highest BCUT2D eigenvalue weighted by Crippen LogP contribution is 2.29. The van der Waals surface area contributed by atoms with Gasteiger partial charge in [-0.05, 0) is 35.9 Å². The second kappa shape index (κ2) is 9.88. The number of carbonyl (C=O) groups excluding carboxylic acids is 3. The summed E-state index contributed by atoms with van der Waals surface area (Å²) in [6.07, 6.45) is 0. The molecule has 0 saturated carbocycles. The van der Waals surface area contributed by atoms with Gasteiger partial charge in [0, 0.05) is 16.8 Å². The van der Waals surface area contributed by atoms with E-state index >= 15 is 0 Å². The van der Waals surface area contributed by atoms with Crippen LogP contribution in [0, 0.1) is 0 Å². The molecule has 3 aromatic rings. The molecule has 0 atom stereocenters. The van der Waals surface area contributed by atoms with Gasteiger partial charge >= 0.3 is 5.97 Å². The number of ether oxygens (including phenoxy) is 2. The van der Waals surface area contributed by atoms with Crippen molar-refractivity contribution >= 4 is 23.5 Å². The van der Waals surface area contributed by atoms with Crippen LogP contribution in [0.1, 0.15) is 10.4 Å². The number of nitrogens with two attached hydrogens (primary N) is 1. The molecule has 7 heteroatoms. The number of nitrogens with one attached hydrogen (secondary N) is 1. The van der Waals surface area contributed by atoms with Crippen LogP contribution in [0.5, 0.6) is 5.75 Å². The Morgan fingerprint density at radius 2 is 1.47 bits per heavy atom. The third kappa shape index (κ3) is 5.68. The molecule has 2 amide bonds. The summed E-state index contributed by atoms with van der Waals surface area (Å²) in [7, 11) is 0. The van der Waals surface area contributed by atoms with Gasteiger partial charge in [-0.2, -0.15) is 0 Å². The van der Waals surface area contributed by atoms with Gasteiger partial charge in [0.2, 0.25) is 5.91 Å². The number of esters is 1. The lowest BCUT2D eigenvalue weighted by atomic mass is 10.1. The van der Waals surface area contributed by atoms with E-state index < -0.39 is 24.4 Å². The predicted octanol–water partition coefficient (Wildman–Crippen LogP) is 3.01. The second-order valence-electron chi connectivity index (χ2n) is 6.30. The van der Waals surface area contributed by atoms with E-state index in [-0.39, 0.29) is 6.61 Å². The first kappa shape index (κ1) is 20.6. The lowest BCUT2D eigenvalue weighted by molar-refractivity contribution is -0.149. The molecule has 30 heavy (non-hydrogen) atoms. The molecular formula is C23H20N2O5. The van der Waals surface area contributed by atoms with Crippen LogP contribution in [0.15, 0.2) is 78.9 Å². The molecule has 3 rings (SSSR count). The Morgan fingerprint density at radius 3 is 2.17 bits per heavy atom. The van der Waals surface area contributed by atoms with Gasteiger partial charge in [0.25, 0.3) is 5.91 Å². The van der Waals surface area contributed by atoms with Crippen LogP contribution in [-0.2, 0) is 14.3 Å². The molecule has 7 nitrogen and oxygen atoms in total. The first-order valence-electron chi connectivity index (χ1n) is 9.15. The molecule has 0 bridgehead atoms. The number of primary amides is 1. The maximum atomic E-state index is 12.0. The molecule has 0 spiro atoms. The Hall–Kier alpha value is -4.13. The maximum absolute atomic E-state index is 12.0. The van der Waals surface area contributed by atoms with E-state index in [1.165, 1.54) is 24.3 Å². The number of benzene rings is 3. The van der Waals surface area contributed by atoms with Gasteiger partial charge in [0.15, 0.2) is 13.2 Å². The number of rotatable bonds is 8. The monoisotopic (exact) mass is 404 g/mol. The number of hydrogen-bond donors (Lipinski definition) is 2. The molecule has 3 aromatic carbocycles. The summed E-state index contributed by atoms with van der Waals surface area (Å²) in [5.41, 5.74) is 7.75. The highest BCUT2D eigenvalue weighted by atomic mass is 16.6. The number of anilines is 1. The van der Waals surface area contributed by atoms with E-state index in [2.05, 4.69) is 5.32 Å². The SMILES string of the molecule is NC(=O)c1ccc(NC(=O)COC(=O)COc2ccccc2-c2ccccc2)cc1. The molecule has 0 fully saturated rings. The normalized spacial score (nSPS) is 10.1. The molecule has 0 aliphatic heterocycles. The van der Waals surface area contributed by atoms with Crippen molar-refractivity contribution in [2.24, 2.45) is 5.73 Å². The molecule has 0 aliphatic carbocycles. The van der Waals surface area contributed by atoms with Crippen LogP contribution < -0.4 is 15.8 Å². The number of para-hydroxylation sites is 1. The second-order valence-corrected chi connectivity index (χ2v) is 6.30. The Balaban J connectivity index is 1.48. The van der Waals surface area contributed by atoms with Gasteiger partial charge in [0.05, 0.1) is 0 Å². The summed E-state index contributed by atoms with van der Waals surface area (Å²) in [5.74, 6) is -1.20. The minimum atomic E-state index is -0.669. The maximum Gasteiger partial charge on any atom is 0.344 e. The fourth-order valence-corrected chi connectivity index (χ4v) is 2.69. The minimum absolute atomic E-state index is 0.326. The minimum Gasteiger partial charge on any atom is -0.481 e. The zero-order valence-electron chi connectivity index (χ0n) is 16.0. The van der Waals surface area contributed by atoms with Crippen LogP contribution in [0.25, 0.3) is 11.1 Å². The predicted molar refractivity (Wildman–Crippen MR) is 112 cm³/mol. The van der Waals surface area contributed by atoms with E-state index in [1.54, 1.807) is 6.07 Å². The van der Waals surface area contributed by atoms with Crippen LogP contribution in [0.2, 0.25) is 0 Å². The first-order chi connectivity index (χ1) is 14.5. The Labute approximate surface area is 173 Å². The first-order valence-corrected chi connectivity index (χ1v) is 9.15. The Kier molecular flexibility index (Phi) is 6.78. The van der Waals surface area contributed by atoms with E-state index in [0.717, 1.165) is 11.1 Å². The molecule has 0 aromatic heterocycles. The van der Waals surface area contributed by atoms with Crippen LogP contribution >= 0.6 is 0 Å². The summed E-state index contributed by atoms with van der Waals surface area (Å²) in [5, 5.41) is 2.56. The Morgan fingerprint density at radius 1 is 0.800 bits per heavy atom. The van der Waals surface area contributed by atoms with Gasteiger partial charge < -0.3 is 20.5 Å². The molecule has 0 unspecified atom stereocenters. The molecular weight excluding hydrogens is 384 g/mol. The number of carbonyl (C=O) groups is 3.